The quantitative estimate of drug-likeness (QED) is 0.812. The first-order valence-electron chi connectivity index (χ1n) is 6.93. The van der Waals surface area contributed by atoms with E-state index >= 15 is 0 Å². The molecule has 0 fully saturated rings. The first kappa shape index (κ1) is 17.1. The lowest BCUT2D eigenvalue weighted by Crippen LogP contribution is -2.34. The van der Waals surface area contributed by atoms with Crippen molar-refractivity contribution in [2.45, 2.75) is 6.92 Å². The minimum atomic E-state index is -0.797. The standard InChI is InChI=1S/C16H15N3O5/c1-10-7-18-13(8-17-10)16(22)24-9-14(20)19-15(21)11-3-5-12(23-2)6-4-11/h3-8H,9H2,1-2H3,(H,19,20,21). The smallest absolute Gasteiger partial charge is 0.359 e. The molecule has 0 aliphatic heterocycles. The van der Waals surface area contributed by atoms with Gasteiger partial charge in [-0.2, -0.15) is 0 Å². The number of hydrogen-bond donors (Lipinski definition) is 1. The topological polar surface area (TPSA) is 107 Å². The van der Waals surface area contributed by atoms with Crippen molar-refractivity contribution in [3.63, 3.8) is 0 Å². The van der Waals surface area contributed by atoms with Gasteiger partial charge in [0, 0.05) is 11.8 Å². The van der Waals surface area contributed by atoms with E-state index in [2.05, 4.69) is 15.3 Å². The highest BCUT2D eigenvalue weighted by molar-refractivity contribution is 6.05. The molecule has 0 atom stereocenters. The van der Waals surface area contributed by atoms with Gasteiger partial charge in [0.25, 0.3) is 11.8 Å². The number of carbonyl (C=O) groups is 3. The second-order valence-corrected chi connectivity index (χ2v) is 4.72. The molecule has 24 heavy (non-hydrogen) atoms. The van der Waals surface area contributed by atoms with Crippen LogP contribution in [0.25, 0.3) is 0 Å². The van der Waals surface area contributed by atoms with Crippen LogP contribution in [-0.2, 0) is 9.53 Å². The van der Waals surface area contributed by atoms with E-state index in [-0.39, 0.29) is 11.3 Å². The fraction of sp³-hybridized carbons (Fsp3) is 0.188. The number of benzene rings is 1. The zero-order valence-electron chi connectivity index (χ0n) is 13.1. The Labute approximate surface area is 137 Å². The highest BCUT2D eigenvalue weighted by atomic mass is 16.5. The molecule has 1 N–H and O–H groups in total. The van der Waals surface area contributed by atoms with Crippen LogP contribution < -0.4 is 10.1 Å². The largest absolute Gasteiger partial charge is 0.497 e. The number of ether oxygens (including phenoxy) is 2. The number of carbonyl (C=O) groups excluding carboxylic acids is 3. The number of aromatic nitrogens is 2. The van der Waals surface area contributed by atoms with Gasteiger partial charge >= 0.3 is 5.97 Å². The number of hydrogen-bond acceptors (Lipinski definition) is 7. The van der Waals surface area contributed by atoms with Crippen molar-refractivity contribution in [3.8, 4) is 5.75 Å². The summed E-state index contributed by atoms with van der Waals surface area (Å²) in [5.41, 5.74) is 0.907. The summed E-state index contributed by atoms with van der Waals surface area (Å²) in [6.07, 6.45) is 2.65. The van der Waals surface area contributed by atoms with Gasteiger partial charge in [-0.3, -0.25) is 19.9 Å². The van der Waals surface area contributed by atoms with Gasteiger partial charge in [-0.05, 0) is 31.2 Å². The summed E-state index contributed by atoms with van der Waals surface area (Å²) in [7, 11) is 1.51. The second kappa shape index (κ2) is 7.82. The number of methoxy groups -OCH3 is 1. The molecule has 8 heteroatoms. The lowest BCUT2D eigenvalue weighted by molar-refractivity contribution is -0.123. The molecule has 2 amide bonds. The predicted molar refractivity (Wildman–Crippen MR) is 82.5 cm³/mol. The first-order chi connectivity index (χ1) is 11.5. The van der Waals surface area contributed by atoms with Crippen molar-refractivity contribution in [1.82, 2.24) is 15.3 Å². The van der Waals surface area contributed by atoms with E-state index < -0.39 is 24.4 Å². The molecule has 1 aromatic heterocycles. The van der Waals surface area contributed by atoms with E-state index in [1.165, 1.54) is 31.6 Å². The summed E-state index contributed by atoms with van der Waals surface area (Å²) in [4.78, 5) is 43.0. The minimum absolute atomic E-state index is 0.0186. The van der Waals surface area contributed by atoms with E-state index in [0.717, 1.165) is 0 Å². The van der Waals surface area contributed by atoms with E-state index in [1.54, 1.807) is 19.1 Å². The molecule has 0 saturated heterocycles. The van der Waals surface area contributed by atoms with Crippen LogP contribution in [0.2, 0.25) is 0 Å². The third-order valence-electron chi connectivity index (χ3n) is 2.93. The molecule has 8 nitrogen and oxygen atoms in total. The number of rotatable bonds is 5. The Morgan fingerprint density at radius 3 is 2.38 bits per heavy atom. The number of aryl methyl sites for hydroxylation is 1. The maximum atomic E-state index is 11.9. The minimum Gasteiger partial charge on any atom is -0.497 e. The van der Waals surface area contributed by atoms with E-state index in [0.29, 0.717) is 11.4 Å². The molecule has 0 bridgehead atoms. The van der Waals surface area contributed by atoms with Gasteiger partial charge in [-0.15, -0.1) is 0 Å². The second-order valence-electron chi connectivity index (χ2n) is 4.72. The monoisotopic (exact) mass is 329 g/mol. The maximum Gasteiger partial charge on any atom is 0.359 e. The van der Waals surface area contributed by atoms with Crippen molar-refractivity contribution >= 4 is 17.8 Å². The van der Waals surface area contributed by atoms with Crippen LogP contribution in [0.3, 0.4) is 0 Å². The van der Waals surface area contributed by atoms with Crippen LogP contribution in [0.4, 0.5) is 0 Å². The molecular weight excluding hydrogens is 314 g/mol. The summed E-state index contributed by atoms with van der Waals surface area (Å²) in [5, 5.41) is 2.12. The van der Waals surface area contributed by atoms with Crippen molar-refractivity contribution in [3.05, 3.63) is 53.6 Å². The van der Waals surface area contributed by atoms with Gasteiger partial charge in [0.1, 0.15) is 5.75 Å². The number of nitrogens with zero attached hydrogens (tertiary/aromatic N) is 2. The normalized spacial score (nSPS) is 9.92. The van der Waals surface area contributed by atoms with Gasteiger partial charge in [-0.25, -0.2) is 9.78 Å². The Morgan fingerprint density at radius 2 is 1.79 bits per heavy atom. The van der Waals surface area contributed by atoms with Crippen LogP contribution in [0, 0.1) is 6.92 Å². The van der Waals surface area contributed by atoms with Gasteiger partial charge in [0.05, 0.1) is 19.0 Å². The van der Waals surface area contributed by atoms with E-state index in [4.69, 9.17) is 9.47 Å². The molecule has 0 unspecified atom stereocenters. The SMILES string of the molecule is COc1ccc(C(=O)NC(=O)COC(=O)c2cnc(C)cn2)cc1. The van der Waals surface area contributed by atoms with Crippen LogP contribution in [0.1, 0.15) is 26.5 Å². The van der Waals surface area contributed by atoms with Crippen molar-refractivity contribution in [2.75, 3.05) is 13.7 Å². The van der Waals surface area contributed by atoms with Crippen LogP contribution in [0.5, 0.6) is 5.75 Å². The molecule has 0 saturated carbocycles. The van der Waals surface area contributed by atoms with E-state index in [1.807, 2.05) is 0 Å². The Bertz CT molecular complexity index is 741. The fourth-order valence-corrected chi connectivity index (χ4v) is 1.68. The van der Waals surface area contributed by atoms with Crippen molar-refractivity contribution in [2.24, 2.45) is 0 Å². The number of imide groups is 1. The highest BCUT2D eigenvalue weighted by Crippen LogP contribution is 2.11. The third kappa shape index (κ3) is 4.60. The van der Waals surface area contributed by atoms with Gasteiger partial charge in [0.2, 0.25) is 0 Å². The Hall–Kier alpha value is -3.29. The van der Waals surface area contributed by atoms with Gasteiger partial charge in [-0.1, -0.05) is 0 Å². The van der Waals surface area contributed by atoms with Crippen molar-refractivity contribution in [1.29, 1.82) is 0 Å². The average molecular weight is 329 g/mol. The third-order valence-corrected chi connectivity index (χ3v) is 2.93. The molecule has 2 aromatic rings. The van der Waals surface area contributed by atoms with Crippen LogP contribution in [-0.4, -0.2) is 41.5 Å². The molecule has 0 spiro atoms. The molecule has 1 aromatic carbocycles. The molecule has 1 heterocycles. The highest BCUT2D eigenvalue weighted by Gasteiger charge is 2.14. The van der Waals surface area contributed by atoms with Gasteiger partial charge < -0.3 is 9.47 Å². The summed E-state index contributed by atoms with van der Waals surface area (Å²) in [6, 6.07) is 6.20. The predicted octanol–water partition coefficient (Wildman–Crippen LogP) is 0.907. The molecule has 0 aliphatic rings. The summed E-state index contributed by atoms with van der Waals surface area (Å²) in [5.74, 6) is -1.56. The first-order valence-corrected chi connectivity index (χ1v) is 6.93. The zero-order valence-corrected chi connectivity index (χ0v) is 13.1. The Balaban J connectivity index is 1.84. The summed E-state index contributed by atoms with van der Waals surface area (Å²) < 4.78 is 9.75. The number of amides is 2. The lowest BCUT2D eigenvalue weighted by atomic mass is 10.2. The lowest BCUT2D eigenvalue weighted by Gasteiger charge is -2.06. The van der Waals surface area contributed by atoms with Crippen LogP contribution in [0.15, 0.2) is 36.7 Å². The zero-order chi connectivity index (χ0) is 17.5. The summed E-state index contributed by atoms with van der Waals surface area (Å²) >= 11 is 0. The Kier molecular flexibility index (Phi) is 5.56. The molecular formula is C16H15N3O5. The number of esters is 1. The molecule has 0 radical (unpaired) electrons. The Morgan fingerprint density at radius 1 is 1.08 bits per heavy atom. The van der Waals surface area contributed by atoms with Crippen molar-refractivity contribution < 1.29 is 23.9 Å². The van der Waals surface area contributed by atoms with Gasteiger partial charge in [0.15, 0.2) is 12.3 Å². The molecule has 2 rings (SSSR count). The summed E-state index contributed by atoms with van der Waals surface area (Å²) in [6.45, 7) is 1.12. The fourth-order valence-electron chi connectivity index (χ4n) is 1.68. The van der Waals surface area contributed by atoms with Crippen LogP contribution >= 0.6 is 0 Å². The molecule has 0 aliphatic carbocycles. The van der Waals surface area contributed by atoms with E-state index in [9.17, 15) is 14.4 Å². The molecule has 124 valence electrons. The number of nitrogens with one attached hydrogen (secondary N) is 1. The maximum absolute atomic E-state index is 11.9. The average Bonchev–Trinajstić information content (AvgIpc) is 2.60.